The number of aromatic nitrogens is 1. The van der Waals surface area contributed by atoms with Crippen molar-refractivity contribution in [1.29, 1.82) is 0 Å². The third-order valence-corrected chi connectivity index (χ3v) is 2.30. The number of hydrogen-bond donors (Lipinski definition) is 1. The molecule has 0 saturated carbocycles. The topological polar surface area (TPSA) is 33.1 Å². The highest BCUT2D eigenvalue weighted by Gasteiger charge is 2.01. The summed E-state index contributed by atoms with van der Waals surface area (Å²) >= 11 is 0. The molecule has 0 aliphatic rings. The number of hydrogen-bond acceptors (Lipinski definition) is 2. The van der Waals surface area contributed by atoms with Gasteiger partial charge in [-0.3, -0.25) is 4.98 Å². The second kappa shape index (κ2) is 5.24. The molecule has 1 aromatic carbocycles. The van der Waals surface area contributed by atoms with Gasteiger partial charge in [0.2, 0.25) is 0 Å². The third-order valence-electron chi connectivity index (χ3n) is 2.30. The average Bonchev–Trinajstić information content (AvgIpc) is 2.38. The lowest BCUT2D eigenvalue weighted by atomic mass is 10.1. The highest BCUT2D eigenvalue weighted by Crippen LogP contribution is 2.14. The fraction of sp³-hybridized carbons (Fsp3) is 0.0714. The van der Waals surface area contributed by atoms with Crippen molar-refractivity contribution >= 4 is 6.08 Å². The Morgan fingerprint density at radius 2 is 1.88 bits per heavy atom. The molecular weight excluding hydrogens is 198 g/mol. The lowest BCUT2D eigenvalue weighted by Gasteiger charge is -2.04. The minimum atomic E-state index is -0.603. The molecule has 0 amide bonds. The number of aliphatic hydroxyl groups is 1. The van der Waals surface area contributed by atoms with Gasteiger partial charge in [-0.1, -0.05) is 48.6 Å². The van der Waals surface area contributed by atoms with Gasteiger partial charge in [-0.05, 0) is 11.6 Å². The van der Waals surface area contributed by atoms with Crippen molar-refractivity contribution in [3.05, 3.63) is 72.1 Å². The molecule has 0 radical (unpaired) electrons. The van der Waals surface area contributed by atoms with Crippen molar-refractivity contribution in [2.24, 2.45) is 0 Å². The molecule has 1 heterocycles. The Balaban J connectivity index is 2.08. The van der Waals surface area contributed by atoms with Gasteiger partial charge in [0, 0.05) is 18.0 Å². The minimum Gasteiger partial charge on any atom is -0.384 e. The Morgan fingerprint density at radius 1 is 1.06 bits per heavy atom. The van der Waals surface area contributed by atoms with E-state index in [4.69, 9.17) is 0 Å². The van der Waals surface area contributed by atoms with E-state index in [1.165, 1.54) is 0 Å². The number of rotatable bonds is 3. The molecule has 1 atom stereocenters. The predicted molar refractivity (Wildman–Crippen MR) is 64.7 cm³/mol. The van der Waals surface area contributed by atoms with Crippen molar-refractivity contribution < 1.29 is 5.11 Å². The van der Waals surface area contributed by atoms with E-state index in [0.717, 1.165) is 11.1 Å². The maximum absolute atomic E-state index is 9.86. The largest absolute Gasteiger partial charge is 0.384 e. The van der Waals surface area contributed by atoms with Crippen LogP contribution in [-0.4, -0.2) is 10.1 Å². The Hall–Kier alpha value is -1.93. The quantitative estimate of drug-likeness (QED) is 0.846. The van der Waals surface area contributed by atoms with Gasteiger partial charge in [0.25, 0.3) is 0 Å². The minimum absolute atomic E-state index is 0.603. The molecule has 1 N–H and O–H groups in total. The van der Waals surface area contributed by atoms with Crippen LogP contribution in [0.1, 0.15) is 17.2 Å². The normalized spacial score (nSPS) is 12.8. The molecule has 0 bridgehead atoms. The molecule has 0 saturated heterocycles. The van der Waals surface area contributed by atoms with Crippen LogP contribution in [0.5, 0.6) is 0 Å². The summed E-state index contributed by atoms with van der Waals surface area (Å²) in [5.74, 6) is 0. The van der Waals surface area contributed by atoms with Crippen LogP contribution >= 0.6 is 0 Å². The van der Waals surface area contributed by atoms with Gasteiger partial charge >= 0.3 is 0 Å². The summed E-state index contributed by atoms with van der Waals surface area (Å²) in [5.41, 5.74) is 1.88. The Labute approximate surface area is 94.9 Å². The summed E-state index contributed by atoms with van der Waals surface area (Å²) in [6, 6.07) is 13.6. The molecule has 0 fully saturated rings. The van der Waals surface area contributed by atoms with Crippen LogP contribution in [0.25, 0.3) is 6.08 Å². The highest BCUT2D eigenvalue weighted by molar-refractivity contribution is 5.49. The number of pyridine rings is 1. The van der Waals surface area contributed by atoms with Gasteiger partial charge in [0.1, 0.15) is 0 Å². The van der Waals surface area contributed by atoms with E-state index in [-0.39, 0.29) is 0 Å². The van der Waals surface area contributed by atoms with Crippen molar-refractivity contribution in [3.63, 3.8) is 0 Å². The van der Waals surface area contributed by atoms with Gasteiger partial charge in [-0.25, -0.2) is 0 Å². The fourth-order valence-electron chi connectivity index (χ4n) is 1.43. The second-order valence-electron chi connectivity index (χ2n) is 3.50. The molecule has 0 aliphatic carbocycles. The molecule has 2 nitrogen and oxygen atoms in total. The summed E-state index contributed by atoms with van der Waals surface area (Å²) < 4.78 is 0. The molecule has 2 aromatic rings. The lowest BCUT2D eigenvalue weighted by Crippen LogP contribution is -1.92. The van der Waals surface area contributed by atoms with E-state index in [1.807, 2.05) is 48.5 Å². The van der Waals surface area contributed by atoms with E-state index in [2.05, 4.69) is 4.98 Å². The second-order valence-corrected chi connectivity index (χ2v) is 3.50. The predicted octanol–water partition coefficient (Wildman–Crippen LogP) is 2.83. The van der Waals surface area contributed by atoms with Crippen molar-refractivity contribution in [3.8, 4) is 0 Å². The van der Waals surface area contributed by atoms with Crippen LogP contribution in [0.4, 0.5) is 0 Å². The Morgan fingerprint density at radius 3 is 2.56 bits per heavy atom. The average molecular weight is 211 g/mol. The van der Waals surface area contributed by atoms with E-state index < -0.39 is 6.10 Å². The maximum Gasteiger partial charge on any atom is 0.0989 e. The first-order valence-corrected chi connectivity index (χ1v) is 5.17. The SMILES string of the molecule is O[C@@H](/C=C\c1ccccc1)c1cccnc1. The molecule has 2 rings (SSSR count). The summed E-state index contributed by atoms with van der Waals surface area (Å²) in [4.78, 5) is 3.97. The van der Waals surface area contributed by atoms with Crippen LogP contribution in [0.15, 0.2) is 60.9 Å². The molecular formula is C14H13NO. The van der Waals surface area contributed by atoms with Gasteiger partial charge in [-0.15, -0.1) is 0 Å². The summed E-state index contributed by atoms with van der Waals surface area (Å²) in [7, 11) is 0. The first kappa shape index (κ1) is 10.6. The van der Waals surface area contributed by atoms with Crippen LogP contribution in [0.3, 0.4) is 0 Å². The van der Waals surface area contributed by atoms with Crippen molar-refractivity contribution in [2.45, 2.75) is 6.10 Å². The van der Waals surface area contributed by atoms with Crippen LogP contribution in [0.2, 0.25) is 0 Å². The standard InChI is InChI=1S/C14H13NO/c16-14(13-7-4-10-15-11-13)9-8-12-5-2-1-3-6-12/h1-11,14,16H/b9-8-/t14-/m0/s1. The van der Waals surface area contributed by atoms with Crippen molar-refractivity contribution in [2.75, 3.05) is 0 Å². The smallest absolute Gasteiger partial charge is 0.0989 e. The molecule has 80 valence electrons. The van der Waals surface area contributed by atoms with Crippen LogP contribution in [0, 0.1) is 0 Å². The molecule has 2 heteroatoms. The van der Waals surface area contributed by atoms with Crippen LogP contribution < -0.4 is 0 Å². The first-order chi connectivity index (χ1) is 7.86. The van der Waals surface area contributed by atoms with Gasteiger partial charge in [0.15, 0.2) is 0 Å². The Bertz CT molecular complexity index is 451. The summed E-state index contributed by atoms with van der Waals surface area (Å²) in [6.07, 6.45) is 6.41. The van der Waals surface area contributed by atoms with Crippen molar-refractivity contribution in [1.82, 2.24) is 4.98 Å². The monoisotopic (exact) mass is 211 g/mol. The summed E-state index contributed by atoms with van der Waals surface area (Å²) in [5, 5.41) is 9.86. The number of benzene rings is 1. The zero-order chi connectivity index (χ0) is 11.2. The molecule has 0 spiro atoms. The molecule has 0 unspecified atom stereocenters. The zero-order valence-electron chi connectivity index (χ0n) is 8.82. The molecule has 1 aromatic heterocycles. The maximum atomic E-state index is 9.86. The Kier molecular flexibility index (Phi) is 3.46. The number of nitrogens with zero attached hydrogens (tertiary/aromatic N) is 1. The van der Waals surface area contributed by atoms with E-state index in [1.54, 1.807) is 18.5 Å². The highest BCUT2D eigenvalue weighted by atomic mass is 16.3. The van der Waals surface area contributed by atoms with E-state index >= 15 is 0 Å². The number of aliphatic hydroxyl groups excluding tert-OH is 1. The lowest BCUT2D eigenvalue weighted by molar-refractivity contribution is 0.229. The third kappa shape index (κ3) is 2.78. The molecule has 16 heavy (non-hydrogen) atoms. The fourth-order valence-corrected chi connectivity index (χ4v) is 1.43. The zero-order valence-corrected chi connectivity index (χ0v) is 8.82. The van der Waals surface area contributed by atoms with Gasteiger partial charge in [-0.2, -0.15) is 0 Å². The molecule has 0 aliphatic heterocycles. The van der Waals surface area contributed by atoms with Crippen LogP contribution in [-0.2, 0) is 0 Å². The van der Waals surface area contributed by atoms with Gasteiger partial charge < -0.3 is 5.11 Å². The van der Waals surface area contributed by atoms with E-state index in [9.17, 15) is 5.11 Å². The van der Waals surface area contributed by atoms with E-state index in [0.29, 0.717) is 0 Å². The summed E-state index contributed by atoms with van der Waals surface area (Å²) in [6.45, 7) is 0. The van der Waals surface area contributed by atoms with Gasteiger partial charge in [0.05, 0.1) is 6.10 Å². The first-order valence-electron chi connectivity index (χ1n) is 5.17.